The standard InChI is InChI=1S/C12H12ClN3O/c1-7-3-4-8(2)9(5-7)16-11-10(13)12(17)15-6-14-11/h3-6H,1-2H3,(H2,14,15,16,17). The molecule has 2 rings (SSSR count). The molecule has 1 heterocycles. The van der Waals surface area contributed by atoms with E-state index in [2.05, 4.69) is 15.3 Å². The molecule has 0 aliphatic carbocycles. The van der Waals surface area contributed by atoms with Gasteiger partial charge in [-0.25, -0.2) is 4.98 Å². The van der Waals surface area contributed by atoms with E-state index in [1.165, 1.54) is 6.33 Å². The van der Waals surface area contributed by atoms with Crippen molar-refractivity contribution in [3.05, 3.63) is 51.0 Å². The van der Waals surface area contributed by atoms with Crippen molar-refractivity contribution in [2.75, 3.05) is 5.32 Å². The Balaban J connectivity index is 2.41. The fourth-order valence-electron chi connectivity index (χ4n) is 1.47. The van der Waals surface area contributed by atoms with E-state index in [0.717, 1.165) is 16.8 Å². The van der Waals surface area contributed by atoms with Crippen molar-refractivity contribution in [1.82, 2.24) is 9.97 Å². The summed E-state index contributed by atoms with van der Waals surface area (Å²) in [6, 6.07) is 6.00. The van der Waals surface area contributed by atoms with Crippen LogP contribution in [0.3, 0.4) is 0 Å². The van der Waals surface area contributed by atoms with Gasteiger partial charge < -0.3 is 10.3 Å². The van der Waals surface area contributed by atoms with Gasteiger partial charge in [0.05, 0.1) is 6.33 Å². The Hall–Kier alpha value is -1.81. The monoisotopic (exact) mass is 249 g/mol. The maximum Gasteiger partial charge on any atom is 0.271 e. The summed E-state index contributed by atoms with van der Waals surface area (Å²) < 4.78 is 0. The molecule has 17 heavy (non-hydrogen) atoms. The molecule has 0 aliphatic heterocycles. The van der Waals surface area contributed by atoms with Crippen molar-refractivity contribution < 1.29 is 0 Å². The van der Waals surface area contributed by atoms with E-state index in [1.54, 1.807) is 0 Å². The summed E-state index contributed by atoms with van der Waals surface area (Å²) in [5.74, 6) is 0.365. The first-order valence-corrected chi connectivity index (χ1v) is 5.53. The van der Waals surface area contributed by atoms with E-state index in [0.29, 0.717) is 5.82 Å². The molecule has 0 aliphatic rings. The van der Waals surface area contributed by atoms with E-state index in [4.69, 9.17) is 11.6 Å². The fourth-order valence-corrected chi connectivity index (χ4v) is 1.62. The van der Waals surface area contributed by atoms with Crippen LogP contribution in [0.4, 0.5) is 11.5 Å². The number of aryl methyl sites for hydroxylation is 2. The Morgan fingerprint density at radius 2 is 2.12 bits per heavy atom. The van der Waals surface area contributed by atoms with Gasteiger partial charge in [-0.15, -0.1) is 0 Å². The second kappa shape index (κ2) is 4.59. The lowest BCUT2D eigenvalue weighted by atomic mass is 10.1. The van der Waals surface area contributed by atoms with Crippen molar-refractivity contribution >= 4 is 23.1 Å². The number of aromatic amines is 1. The number of aromatic nitrogens is 2. The molecule has 0 fully saturated rings. The third-order valence-electron chi connectivity index (χ3n) is 2.44. The summed E-state index contributed by atoms with van der Waals surface area (Å²) in [5.41, 5.74) is 2.73. The number of rotatable bonds is 2. The lowest BCUT2D eigenvalue weighted by Crippen LogP contribution is -2.10. The maximum atomic E-state index is 11.3. The third kappa shape index (κ3) is 2.47. The van der Waals surface area contributed by atoms with Crippen LogP contribution in [0.2, 0.25) is 5.02 Å². The van der Waals surface area contributed by atoms with Gasteiger partial charge in [-0.2, -0.15) is 0 Å². The molecule has 2 aromatic rings. The molecule has 0 amide bonds. The van der Waals surface area contributed by atoms with Crippen LogP contribution in [-0.4, -0.2) is 9.97 Å². The molecule has 5 heteroatoms. The molecule has 0 saturated carbocycles. The van der Waals surface area contributed by atoms with Crippen molar-refractivity contribution in [3.63, 3.8) is 0 Å². The highest BCUT2D eigenvalue weighted by Crippen LogP contribution is 2.23. The van der Waals surface area contributed by atoms with E-state index in [1.807, 2.05) is 32.0 Å². The Labute approximate surface area is 104 Å². The summed E-state index contributed by atoms with van der Waals surface area (Å²) in [5, 5.41) is 3.12. The van der Waals surface area contributed by atoms with E-state index >= 15 is 0 Å². The van der Waals surface area contributed by atoms with Gasteiger partial charge in [-0.3, -0.25) is 4.79 Å². The smallest absolute Gasteiger partial charge is 0.271 e. The number of H-pyrrole nitrogens is 1. The summed E-state index contributed by atoms with van der Waals surface area (Å²) >= 11 is 5.87. The van der Waals surface area contributed by atoms with Crippen molar-refractivity contribution in [2.45, 2.75) is 13.8 Å². The highest BCUT2D eigenvalue weighted by molar-refractivity contribution is 6.32. The van der Waals surface area contributed by atoms with Crippen LogP contribution in [0.25, 0.3) is 0 Å². The molecule has 1 aromatic heterocycles. The van der Waals surface area contributed by atoms with Crippen molar-refractivity contribution in [2.24, 2.45) is 0 Å². The zero-order valence-corrected chi connectivity index (χ0v) is 10.3. The van der Waals surface area contributed by atoms with Gasteiger partial charge in [0, 0.05) is 5.69 Å². The lowest BCUT2D eigenvalue weighted by Gasteiger charge is -2.10. The normalized spacial score (nSPS) is 10.3. The first kappa shape index (κ1) is 11.7. The molecule has 0 bridgehead atoms. The SMILES string of the molecule is Cc1ccc(C)c(Nc2nc[nH]c(=O)c2Cl)c1. The van der Waals surface area contributed by atoms with Gasteiger partial charge in [-0.1, -0.05) is 23.7 Å². The molecule has 88 valence electrons. The van der Waals surface area contributed by atoms with E-state index in [9.17, 15) is 4.79 Å². The van der Waals surface area contributed by atoms with Crippen LogP contribution in [0.1, 0.15) is 11.1 Å². The quantitative estimate of drug-likeness (QED) is 0.861. The fraction of sp³-hybridized carbons (Fsp3) is 0.167. The number of benzene rings is 1. The first-order chi connectivity index (χ1) is 8.08. The Morgan fingerprint density at radius 1 is 1.35 bits per heavy atom. The molecule has 0 radical (unpaired) electrons. The second-order valence-corrected chi connectivity index (χ2v) is 4.22. The summed E-state index contributed by atoms with van der Waals surface area (Å²) in [6.45, 7) is 3.97. The summed E-state index contributed by atoms with van der Waals surface area (Å²) in [6.07, 6.45) is 1.32. The largest absolute Gasteiger partial charge is 0.339 e. The summed E-state index contributed by atoms with van der Waals surface area (Å²) in [4.78, 5) is 17.7. The molecule has 0 spiro atoms. The lowest BCUT2D eigenvalue weighted by molar-refractivity contribution is 1.12. The zero-order chi connectivity index (χ0) is 12.4. The van der Waals surface area contributed by atoms with Gasteiger partial charge in [0.2, 0.25) is 0 Å². The third-order valence-corrected chi connectivity index (χ3v) is 2.79. The average Bonchev–Trinajstić information content (AvgIpc) is 2.30. The predicted octanol–water partition coefficient (Wildman–Crippen LogP) is 2.78. The minimum atomic E-state index is -0.352. The number of halogens is 1. The molecule has 2 N–H and O–H groups in total. The molecule has 0 unspecified atom stereocenters. The topological polar surface area (TPSA) is 57.8 Å². The van der Waals surface area contributed by atoms with Gasteiger partial charge >= 0.3 is 0 Å². The molecule has 1 aromatic carbocycles. The van der Waals surface area contributed by atoms with Crippen LogP contribution in [0, 0.1) is 13.8 Å². The average molecular weight is 250 g/mol. The molecular formula is C12H12ClN3O. The van der Waals surface area contributed by atoms with Gasteiger partial charge in [0.15, 0.2) is 5.82 Å². The van der Waals surface area contributed by atoms with Crippen molar-refractivity contribution in [1.29, 1.82) is 0 Å². The van der Waals surface area contributed by atoms with Crippen LogP contribution in [0.15, 0.2) is 29.3 Å². The maximum absolute atomic E-state index is 11.3. The van der Waals surface area contributed by atoms with Crippen molar-refractivity contribution in [3.8, 4) is 0 Å². The number of nitrogens with zero attached hydrogens (tertiary/aromatic N) is 1. The second-order valence-electron chi connectivity index (χ2n) is 3.84. The van der Waals surface area contributed by atoms with E-state index in [-0.39, 0.29) is 10.6 Å². The van der Waals surface area contributed by atoms with Gasteiger partial charge in [0.1, 0.15) is 5.02 Å². The molecule has 0 saturated heterocycles. The first-order valence-electron chi connectivity index (χ1n) is 5.15. The molecule has 0 atom stereocenters. The summed E-state index contributed by atoms with van der Waals surface area (Å²) in [7, 11) is 0. The van der Waals surface area contributed by atoms with Gasteiger partial charge in [-0.05, 0) is 31.0 Å². The predicted molar refractivity (Wildman–Crippen MR) is 69.1 cm³/mol. The highest BCUT2D eigenvalue weighted by atomic mass is 35.5. The zero-order valence-electron chi connectivity index (χ0n) is 9.54. The molecule has 4 nitrogen and oxygen atoms in total. The molecular weight excluding hydrogens is 238 g/mol. The number of anilines is 2. The van der Waals surface area contributed by atoms with Crippen LogP contribution in [-0.2, 0) is 0 Å². The van der Waals surface area contributed by atoms with E-state index < -0.39 is 0 Å². The number of nitrogens with one attached hydrogen (secondary N) is 2. The highest BCUT2D eigenvalue weighted by Gasteiger charge is 2.07. The van der Waals surface area contributed by atoms with Crippen LogP contribution >= 0.6 is 11.6 Å². The Morgan fingerprint density at radius 3 is 2.88 bits per heavy atom. The Bertz CT molecular complexity index is 607. The van der Waals surface area contributed by atoms with Crippen LogP contribution in [0.5, 0.6) is 0 Å². The Kier molecular flexibility index (Phi) is 3.15. The number of hydrogen-bond acceptors (Lipinski definition) is 3. The van der Waals surface area contributed by atoms with Gasteiger partial charge in [0.25, 0.3) is 5.56 Å². The van der Waals surface area contributed by atoms with Crippen LogP contribution < -0.4 is 10.9 Å². The number of hydrogen-bond donors (Lipinski definition) is 2. The minimum absolute atomic E-state index is 0.0633. The minimum Gasteiger partial charge on any atom is -0.339 e.